The molecule has 0 amide bonds. The van der Waals surface area contributed by atoms with Crippen molar-refractivity contribution in [3.05, 3.63) is 35.2 Å². The van der Waals surface area contributed by atoms with Crippen molar-refractivity contribution in [2.24, 2.45) is 0 Å². The van der Waals surface area contributed by atoms with Crippen LogP contribution in [0, 0.1) is 6.92 Å². The maximum atomic E-state index is 9.00. The summed E-state index contributed by atoms with van der Waals surface area (Å²) in [5.41, 5.74) is 0. The predicted molar refractivity (Wildman–Crippen MR) is 59.9 cm³/mol. The highest BCUT2D eigenvalue weighted by Gasteiger charge is 1.93. The Morgan fingerprint density at radius 1 is 1.36 bits per heavy atom. The second-order valence-electron chi connectivity index (χ2n) is 2.91. The molecule has 1 N–H and O–H groups in total. The van der Waals surface area contributed by atoms with Crippen LogP contribution in [-0.2, 0) is 4.79 Å². The smallest absolute Gasteiger partial charge is 0.300 e. The first-order chi connectivity index (χ1) is 6.59. The Bertz CT molecular complexity index is 395. The molecule has 2 nitrogen and oxygen atoms in total. The lowest BCUT2D eigenvalue weighted by Crippen LogP contribution is -1.78. The van der Waals surface area contributed by atoms with Crippen molar-refractivity contribution in [1.82, 2.24) is 0 Å². The van der Waals surface area contributed by atoms with Gasteiger partial charge in [0.15, 0.2) is 0 Å². The standard InChI is InChI=1S/C9H8S.C2H4O2/c1-7-6-8-4-2-3-5-9(8)10-7;1-2(3)4/h2-6H,1H3;1H3,(H,3,4). The number of carbonyl (C=O) groups is 1. The number of fused-ring (bicyclic) bond motifs is 1. The molecule has 0 atom stereocenters. The second kappa shape index (κ2) is 4.77. The van der Waals surface area contributed by atoms with E-state index in [4.69, 9.17) is 9.90 Å². The summed E-state index contributed by atoms with van der Waals surface area (Å²) in [5.74, 6) is -0.833. The van der Waals surface area contributed by atoms with Crippen molar-refractivity contribution >= 4 is 27.4 Å². The molecule has 0 spiro atoms. The van der Waals surface area contributed by atoms with Crippen molar-refractivity contribution in [2.45, 2.75) is 13.8 Å². The van der Waals surface area contributed by atoms with Gasteiger partial charge in [-0.05, 0) is 24.4 Å². The minimum Gasteiger partial charge on any atom is -0.481 e. The van der Waals surface area contributed by atoms with E-state index in [2.05, 4.69) is 37.3 Å². The first-order valence-corrected chi connectivity index (χ1v) is 5.06. The zero-order chi connectivity index (χ0) is 10.6. The van der Waals surface area contributed by atoms with Crippen LogP contribution in [0.5, 0.6) is 0 Å². The van der Waals surface area contributed by atoms with E-state index in [1.807, 2.05) is 11.3 Å². The van der Waals surface area contributed by atoms with Gasteiger partial charge in [-0.1, -0.05) is 18.2 Å². The van der Waals surface area contributed by atoms with Crippen molar-refractivity contribution < 1.29 is 9.90 Å². The van der Waals surface area contributed by atoms with Crippen LogP contribution in [0.25, 0.3) is 10.1 Å². The van der Waals surface area contributed by atoms with E-state index in [9.17, 15) is 0 Å². The van der Waals surface area contributed by atoms with Gasteiger partial charge in [0.1, 0.15) is 0 Å². The molecule has 1 heterocycles. The number of aliphatic carboxylic acids is 1. The van der Waals surface area contributed by atoms with Crippen LogP contribution in [0.2, 0.25) is 0 Å². The van der Waals surface area contributed by atoms with Gasteiger partial charge in [0.25, 0.3) is 5.97 Å². The number of hydrogen-bond acceptors (Lipinski definition) is 2. The molecule has 2 rings (SSSR count). The van der Waals surface area contributed by atoms with Gasteiger partial charge in [-0.3, -0.25) is 4.79 Å². The van der Waals surface area contributed by atoms with Crippen molar-refractivity contribution in [1.29, 1.82) is 0 Å². The van der Waals surface area contributed by atoms with E-state index in [1.54, 1.807) is 0 Å². The summed E-state index contributed by atoms with van der Waals surface area (Å²) in [5, 5.41) is 8.78. The fourth-order valence-electron chi connectivity index (χ4n) is 1.11. The molecule has 0 bridgehead atoms. The van der Waals surface area contributed by atoms with Gasteiger partial charge in [-0.25, -0.2) is 0 Å². The minimum absolute atomic E-state index is 0.833. The minimum atomic E-state index is -0.833. The van der Waals surface area contributed by atoms with Crippen LogP contribution in [0.1, 0.15) is 11.8 Å². The maximum absolute atomic E-state index is 9.00. The summed E-state index contributed by atoms with van der Waals surface area (Å²) in [6, 6.07) is 10.7. The molecule has 3 heteroatoms. The third-order valence-corrected chi connectivity index (χ3v) is 2.58. The Hall–Kier alpha value is -1.35. The van der Waals surface area contributed by atoms with E-state index < -0.39 is 5.97 Å². The lowest BCUT2D eigenvalue weighted by Gasteiger charge is -1.82. The van der Waals surface area contributed by atoms with Gasteiger partial charge in [0.05, 0.1) is 0 Å². The molecule has 2 aromatic rings. The first-order valence-electron chi connectivity index (χ1n) is 4.24. The highest BCUT2D eigenvalue weighted by atomic mass is 32.1. The largest absolute Gasteiger partial charge is 0.481 e. The molecule has 0 aliphatic carbocycles. The molecule has 1 aromatic carbocycles. The van der Waals surface area contributed by atoms with Crippen LogP contribution in [-0.4, -0.2) is 11.1 Å². The molecular formula is C11H12O2S. The Morgan fingerprint density at radius 2 is 1.93 bits per heavy atom. The molecule has 0 fully saturated rings. The number of aryl methyl sites for hydroxylation is 1. The van der Waals surface area contributed by atoms with Crippen molar-refractivity contribution in [3.8, 4) is 0 Å². The summed E-state index contributed by atoms with van der Waals surface area (Å²) in [6.07, 6.45) is 0. The Morgan fingerprint density at radius 3 is 2.50 bits per heavy atom. The number of hydrogen-bond donors (Lipinski definition) is 1. The average molecular weight is 208 g/mol. The molecule has 0 radical (unpaired) electrons. The first kappa shape index (κ1) is 10.7. The summed E-state index contributed by atoms with van der Waals surface area (Å²) in [6.45, 7) is 3.23. The maximum Gasteiger partial charge on any atom is 0.300 e. The molecular weight excluding hydrogens is 196 g/mol. The van der Waals surface area contributed by atoms with Crippen molar-refractivity contribution in [3.63, 3.8) is 0 Å². The quantitative estimate of drug-likeness (QED) is 0.721. The van der Waals surface area contributed by atoms with Crippen LogP contribution in [0.15, 0.2) is 30.3 Å². The van der Waals surface area contributed by atoms with E-state index >= 15 is 0 Å². The van der Waals surface area contributed by atoms with Gasteiger partial charge >= 0.3 is 0 Å². The molecule has 0 aliphatic rings. The summed E-state index contributed by atoms with van der Waals surface area (Å²) >= 11 is 1.85. The molecule has 74 valence electrons. The Labute approximate surface area is 86.8 Å². The molecule has 0 aliphatic heterocycles. The fraction of sp³-hybridized carbons (Fsp3) is 0.182. The molecule has 0 unspecified atom stereocenters. The zero-order valence-corrected chi connectivity index (χ0v) is 8.97. The van der Waals surface area contributed by atoms with Gasteiger partial charge < -0.3 is 5.11 Å². The lowest BCUT2D eigenvalue weighted by atomic mass is 10.2. The highest BCUT2D eigenvalue weighted by Crippen LogP contribution is 2.23. The Kier molecular flexibility index (Phi) is 3.65. The lowest BCUT2D eigenvalue weighted by molar-refractivity contribution is -0.134. The van der Waals surface area contributed by atoms with Gasteiger partial charge in [0.2, 0.25) is 0 Å². The molecule has 1 aromatic heterocycles. The third-order valence-electron chi connectivity index (χ3n) is 1.55. The van der Waals surface area contributed by atoms with Crippen LogP contribution in [0.3, 0.4) is 0 Å². The average Bonchev–Trinajstić information content (AvgIpc) is 2.42. The van der Waals surface area contributed by atoms with Gasteiger partial charge in [-0.15, -0.1) is 11.3 Å². The fourth-order valence-corrected chi connectivity index (χ4v) is 2.04. The number of carboxylic acids is 1. The summed E-state index contributed by atoms with van der Waals surface area (Å²) < 4.78 is 1.39. The monoisotopic (exact) mass is 208 g/mol. The van der Waals surface area contributed by atoms with E-state index in [0.29, 0.717) is 0 Å². The van der Waals surface area contributed by atoms with E-state index in [-0.39, 0.29) is 0 Å². The number of benzene rings is 1. The Balaban J connectivity index is 0.000000213. The predicted octanol–water partition coefficient (Wildman–Crippen LogP) is 3.30. The van der Waals surface area contributed by atoms with Crippen LogP contribution >= 0.6 is 11.3 Å². The molecule has 0 saturated carbocycles. The normalized spacial score (nSPS) is 9.29. The third kappa shape index (κ3) is 3.18. The van der Waals surface area contributed by atoms with Crippen LogP contribution in [0.4, 0.5) is 0 Å². The number of carboxylic acid groups (broad SMARTS) is 1. The van der Waals surface area contributed by atoms with Crippen molar-refractivity contribution in [2.75, 3.05) is 0 Å². The summed E-state index contributed by atoms with van der Waals surface area (Å²) in [7, 11) is 0. The van der Waals surface area contributed by atoms with E-state index in [1.165, 1.54) is 15.0 Å². The van der Waals surface area contributed by atoms with Gasteiger partial charge in [-0.2, -0.15) is 0 Å². The highest BCUT2D eigenvalue weighted by molar-refractivity contribution is 7.19. The topological polar surface area (TPSA) is 37.3 Å². The summed E-state index contributed by atoms with van der Waals surface area (Å²) in [4.78, 5) is 10.4. The second-order valence-corrected chi connectivity index (χ2v) is 4.20. The zero-order valence-electron chi connectivity index (χ0n) is 8.15. The number of thiophene rings is 1. The van der Waals surface area contributed by atoms with Crippen LogP contribution < -0.4 is 0 Å². The van der Waals surface area contributed by atoms with Gasteiger partial charge in [0, 0.05) is 16.5 Å². The molecule has 0 saturated heterocycles. The molecule has 14 heavy (non-hydrogen) atoms. The van der Waals surface area contributed by atoms with E-state index in [0.717, 1.165) is 6.92 Å². The SMILES string of the molecule is CC(=O)O.Cc1cc2ccccc2s1. The number of rotatable bonds is 0.